The predicted octanol–water partition coefficient (Wildman–Crippen LogP) is 3.05. The van der Waals surface area contributed by atoms with E-state index in [0.29, 0.717) is 19.4 Å². The Morgan fingerprint density at radius 1 is 1.25 bits per heavy atom. The normalized spacial score (nSPS) is 19.4. The van der Waals surface area contributed by atoms with Crippen LogP contribution >= 0.6 is 0 Å². The number of methoxy groups -OCH3 is 1. The van der Waals surface area contributed by atoms with Crippen LogP contribution in [-0.2, 0) is 25.6 Å². The van der Waals surface area contributed by atoms with Gasteiger partial charge < -0.3 is 14.4 Å². The van der Waals surface area contributed by atoms with Gasteiger partial charge in [-0.15, -0.1) is 0 Å². The van der Waals surface area contributed by atoms with Gasteiger partial charge in [-0.3, -0.25) is 0 Å². The van der Waals surface area contributed by atoms with Gasteiger partial charge in [0.05, 0.1) is 7.11 Å². The standard InChI is InChI=1S/C19H25NO4/c1-19(2,3)24-18(22)16-11-10-15(12-17(21)23-4)20(16)13-14-8-6-5-7-9-14/h5-9,12,16H,10-11,13H2,1-4H3/t16-/m0/s1. The minimum Gasteiger partial charge on any atom is -0.466 e. The molecular weight excluding hydrogens is 306 g/mol. The third kappa shape index (κ3) is 4.85. The van der Waals surface area contributed by atoms with E-state index in [1.54, 1.807) is 0 Å². The highest BCUT2D eigenvalue weighted by atomic mass is 16.6. The molecule has 5 nitrogen and oxygen atoms in total. The highest BCUT2D eigenvalue weighted by Gasteiger charge is 2.36. The summed E-state index contributed by atoms with van der Waals surface area (Å²) in [6.07, 6.45) is 2.74. The summed E-state index contributed by atoms with van der Waals surface area (Å²) < 4.78 is 10.3. The number of nitrogens with zero attached hydrogens (tertiary/aromatic N) is 1. The number of hydrogen-bond acceptors (Lipinski definition) is 5. The largest absolute Gasteiger partial charge is 0.466 e. The molecule has 130 valence electrons. The third-order valence-electron chi connectivity index (χ3n) is 3.78. The van der Waals surface area contributed by atoms with E-state index in [9.17, 15) is 9.59 Å². The lowest BCUT2D eigenvalue weighted by molar-refractivity contribution is -0.160. The fourth-order valence-electron chi connectivity index (χ4n) is 2.74. The molecule has 1 aliphatic rings. The maximum absolute atomic E-state index is 12.6. The van der Waals surface area contributed by atoms with Gasteiger partial charge in [0, 0.05) is 18.3 Å². The predicted molar refractivity (Wildman–Crippen MR) is 91.0 cm³/mol. The molecule has 0 bridgehead atoms. The van der Waals surface area contributed by atoms with Gasteiger partial charge in [-0.05, 0) is 39.2 Å². The van der Waals surface area contributed by atoms with E-state index >= 15 is 0 Å². The molecule has 0 spiro atoms. The van der Waals surface area contributed by atoms with Crippen LogP contribution in [0, 0.1) is 0 Å². The number of likely N-dealkylation sites (tertiary alicyclic amines) is 1. The first-order valence-corrected chi connectivity index (χ1v) is 8.12. The first kappa shape index (κ1) is 18.0. The Bertz CT molecular complexity index is 616. The van der Waals surface area contributed by atoms with Crippen molar-refractivity contribution < 1.29 is 19.1 Å². The van der Waals surface area contributed by atoms with Gasteiger partial charge in [0.25, 0.3) is 0 Å². The molecule has 1 atom stereocenters. The van der Waals surface area contributed by atoms with Crippen LogP contribution < -0.4 is 0 Å². The Morgan fingerprint density at radius 3 is 2.50 bits per heavy atom. The van der Waals surface area contributed by atoms with Crippen molar-refractivity contribution in [3.63, 3.8) is 0 Å². The van der Waals surface area contributed by atoms with Crippen molar-refractivity contribution in [3.05, 3.63) is 47.7 Å². The fourth-order valence-corrected chi connectivity index (χ4v) is 2.74. The van der Waals surface area contributed by atoms with Crippen molar-refractivity contribution in [1.82, 2.24) is 4.90 Å². The van der Waals surface area contributed by atoms with Crippen molar-refractivity contribution in [2.24, 2.45) is 0 Å². The summed E-state index contributed by atoms with van der Waals surface area (Å²) in [5, 5.41) is 0. The Hall–Kier alpha value is -2.30. The molecule has 1 aromatic carbocycles. The molecule has 1 aromatic rings. The molecule has 1 heterocycles. The molecule has 0 aliphatic carbocycles. The number of carbonyl (C=O) groups excluding carboxylic acids is 2. The third-order valence-corrected chi connectivity index (χ3v) is 3.78. The lowest BCUT2D eigenvalue weighted by Gasteiger charge is -2.29. The average molecular weight is 331 g/mol. The van der Waals surface area contributed by atoms with E-state index in [-0.39, 0.29) is 12.0 Å². The zero-order valence-corrected chi connectivity index (χ0v) is 14.7. The monoisotopic (exact) mass is 331 g/mol. The second-order valence-electron chi connectivity index (χ2n) is 6.86. The molecule has 2 rings (SSSR count). The van der Waals surface area contributed by atoms with Crippen LogP contribution in [0.1, 0.15) is 39.2 Å². The summed E-state index contributed by atoms with van der Waals surface area (Å²) in [4.78, 5) is 26.1. The zero-order chi connectivity index (χ0) is 17.7. The lowest BCUT2D eigenvalue weighted by atomic mass is 10.1. The van der Waals surface area contributed by atoms with Crippen molar-refractivity contribution in [2.45, 2.75) is 51.8 Å². The molecule has 0 N–H and O–H groups in total. The number of hydrogen-bond donors (Lipinski definition) is 0. The minimum atomic E-state index is -0.537. The Balaban J connectivity index is 2.24. The number of rotatable bonds is 4. The van der Waals surface area contributed by atoms with Gasteiger partial charge in [-0.25, -0.2) is 9.59 Å². The topological polar surface area (TPSA) is 55.8 Å². The van der Waals surface area contributed by atoms with Gasteiger partial charge in [0.1, 0.15) is 11.6 Å². The molecular formula is C19H25NO4. The second-order valence-corrected chi connectivity index (χ2v) is 6.86. The first-order chi connectivity index (χ1) is 11.3. The van der Waals surface area contributed by atoms with E-state index in [2.05, 4.69) is 0 Å². The maximum Gasteiger partial charge on any atom is 0.332 e. The van der Waals surface area contributed by atoms with Crippen LogP contribution in [0.4, 0.5) is 0 Å². The number of esters is 2. The highest BCUT2D eigenvalue weighted by molar-refractivity contribution is 5.83. The van der Waals surface area contributed by atoms with Crippen molar-refractivity contribution in [2.75, 3.05) is 7.11 Å². The van der Waals surface area contributed by atoms with E-state index in [1.807, 2.05) is 56.0 Å². The van der Waals surface area contributed by atoms with Gasteiger partial charge >= 0.3 is 11.9 Å². The van der Waals surface area contributed by atoms with Crippen LogP contribution in [-0.4, -0.2) is 35.6 Å². The van der Waals surface area contributed by atoms with Crippen LogP contribution in [0.25, 0.3) is 0 Å². The van der Waals surface area contributed by atoms with E-state index in [1.165, 1.54) is 13.2 Å². The summed E-state index contributed by atoms with van der Waals surface area (Å²) in [6, 6.07) is 9.47. The second kappa shape index (κ2) is 7.51. The summed E-state index contributed by atoms with van der Waals surface area (Å²) in [7, 11) is 1.35. The van der Waals surface area contributed by atoms with Gasteiger partial charge in [0.2, 0.25) is 0 Å². The van der Waals surface area contributed by atoms with Gasteiger partial charge in [-0.2, -0.15) is 0 Å². The van der Waals surface area contributed by atoms with Gasteiger partial charge in [0.15, 0.2) is 0 Å². The van der Waals surface area contributed by atoms with E-state index in [0.717, 1.165) is 11.3 Å². The zero-order valence-electron chi connectivity index (χ0n) is 14.7. The molecule has 1 saturated heterocycles. The average Bonchev–Trinajstić information content (AvgIpc) is 2.89. The van der Waals surface area contributed by atoms with Crippen molar-refractivity contribution in [3.8, 4) is 0 Å². The Morgan fingerprint density at radius 2 is 1.92 bits per heavy atom. The molecule has 1 fully saturated rings. The van der Waals surface area contributed by atoms with Crippen LogP contribution in [0.3, 0.4) is 0 Å². The molecule has 0 amide bonds. The van der Waals surface area contributed by atoms with Crippen molar-refractivity contribution >= 4 is 11.9 Å². The molecule has 0 unspecified atom stereocenters. The van der Waals surface area contributed by atoms with Gasteiger partial charge in [-0.1, -0.05) is 30.3 Å². The van der Waals surface area contributed by atoms with E-state index < -0.39 is 11.6 Å². The number of carbonyl (C=O) groups is 2. The highest BCUT2D eigenvalue weighted by Crippen LogP contribution is 2.31. The molecule has 0 aromatic heterocycles. The molecule has 0 radical (unpaired) electrons. The lowest BCUT2D eigenvalue weighted by Crippen LogP contribution is -2.39. The van der Waals surface area contributed by atoms with Crippen LogP contribution in [0.5, 0.6) is 0 Å². The molecule has 0 saturated carbocycles. The summed E-state index contributed by atoms with van der Waals surface area (Å²) in [5.74, 6) is -0.667. The molecule has 24 heavy (non-hydrogen) atoms. The fraction of sp³-hybridized carbons (Fsp3) is 0.474. The first-order valence-electron chi connectivity index (χ1n) is 8.12. The molecule has 1 aliphatic heterocycles. The number of ether oxygens (including phenoxy) is 2. The smallest absolute Gasteiger partial charge is 0.332 e. The molecule has 5 heteroatoms. The van der Waals surface area contributed by atoms with Crippen LogP contribution in [0.15, 0.2) is 42.1 Å². The number of benzene rings is 1. The van der Waals surface area contributed by atoms with E-state index in [4.69, 9.17) is 9.47 Å². The Labute approximate surface area is 143 Å². The summed E-state index contributed by atoms with van der Waals surface area (Å²) >= 11 is 0. The SMILES string of the molecule is COC(=O)C=C1CC[C@@H](C(=O)OC(C)(C)C)N1Cc1ccccc1. The summed E-state index contributed by atoms with van der Waals surface area (Å²) in [6.45, 7) is 6.11. The van der Waals surface area contributed by atoms with Crippen LogP contribution in [0.2, 0.25) is 0 Å². The quantitative estimate of drug-likeness (QED) is 0.627. The Kier molecular flexibility index (Phi) is 5.65. The number of allylic oxidation sites excluding steroid dienone is 1. The maximum atomic E-state index is 12.6. The minimum absolute atomic E-state index is 0.258. The van der Waals surface area contributed by atoms with Crippen molar-refractivity contribution in [1.29, 1.82) is 0 Å². The summed E-state index contributed by atoms with van der Waals surface area (Å²) in [5.41, 5.74) is 1.34.